The largest absolute Gasteiger partial charge is 0.478 e. The molecule has 0 radical (unpaired) electrons. The maximum absolute atomic E-state index is 11.5. The summed E-state index contributed by atoms with van der Waals surface area (Å²) in [5.41, 5.74) is 0.672. The van der Waals surface area contributed by atoms with Crippen molar-refractivity contribution in [1.82, 2.24) is 15.6 Å². The molecule has 1 aromatic rings. The summed E-state index contributed by atoms with van der Waals surface area (Å²) in [6, 6.07) is 2.58. The number of nitrogens with zero attached hydrogens (tertiary/aromatic N) is 1. The monoisotopic (exact) mass is 265 g/mol. The van der Waals surface area contributed by atoms with Crippen LogP contribution >= 0.6 is 0 Å². The van der Waals surface area contributed by atoms with Crippen molar-refractivity contribution in [2.45, 2.75) is 26.8 Å². The third kappa shape index (κ3) is 5.37. The Morgan fingerprint density at radius 1 is 1.42 bits per heavy atom. The Bertz CT molecular complexity index is 449. The first-order valence-corrected chi connectivity index (χ1v) is 6.22. The second-order valence-electron chi connectivity index (χ2n) is 4.42. The molecule has 1 heterocycles. The number of hydrogen-bond acceptors (Lipinski definition) is 3. The Labute approximate surface area is 112 Å². The lowest BCUT2D eigenvalue weighted by atomic mass is 10.1. The van der Waals surface area contributed by atoms with E-state index in [0.29, 0.717) is 18.2 Å². The zero-order valence-electron chi connectivity index (χ0n) is 11.1. The maximum atomic E-state index is 11.5. The molecule has 0 saturated carbocycles. The summed E-state index contributed by atoms with van der Waals surface area (Å²) in [6.07, 6.45) is 2.42. The predicted octanol–water partition coefficient (Wildman–Crippen LogP) is 1.63. The van der Waals surface area contributed by atoms with Gasteiger partial charge in [0.25, 0.3) is 0 Å². The Morgan fingerprint density at radius 3 is 2.79 bits per heavy atom. The molecular weight excluding hydrogens is 246 g/mol. The molecule has 0 bridgehead atoms. The van der Waals surface area contributed by atoms with Crippen molar-refractivity contribution in [3.8, 4) is 0 Å². The molecule has 0 aliphatic rings. The van der Waals surface area contributed by atoms with E-state index in [1.807, 2.05) is 0 Å². The lowest BCUT2D eigenvalue weighted by Gasteiger charge is -2.11. The molecule has 0 spiro atoms. The highest BCUT2D eigenvalue weighted by Crippen LogP contribution is 2.01. The van der Waals surface area contributed by atoms with Gasteiger partial charge in [-0.2, -0.15) is 0 Å². The molecule has 6 heteroatoms. The van der Waals surface area contributed by atoms with Gasteiger partial charge in [-0.3, -0.25) is 4.98 Å². The van der Waals surface area contributed by atoms with E-state index >= 15 is 0 Å². The second-order valence-corrected chi connectivity index (χ2v) is 4.42. The summed E-state index contributed by atoms with van der Waals surface area (Å²) < 4.78 is 0. The van der Waals surface area contributed by atoms with Crippen molar-refractivity contribution in [3.63, 3.8) is 0 Å². The molecule has 0 fully saturated rings. The quantitative estimate of drug-likeness (QED) is 0.729. The summed E-state index contributed by atoms with van der Waals surface area (Å²) in [4.78, 5) is 26.3. The zero-order valence-corrected chi connectivity index (χ0v) is 11.1. The Morgan fingerprint density at radius 2 is 2.16 bits per heavy atom. The molecular formula is C13H19N3O3. The van der Waals surface area contributed by atoms with Crippen molar-refractivity contribution < 1.29 is 14.7 Å². The van der Waals surface area contributed by atoms with Crippen LogP contribution in [0.4, 0.5) is 4.79 Å². The van der Waals surface area contributed by atoms with Gasteiger partial charge in [0.15, 0.2) is 0 Å². The van der Waals surface area contributed by atoms with Gasteiger partial charge in [-0.05, 0) is 18.1 Å². The summed E-state index contributed by atoms with van der Waals surface area (Å²) >= 11 is 0. The Kier molecular flexibility index (Phi) is 5.78. The predicted molar refractivity (Wildman–Crippen MR) is 70.9 cm³/mol. The SMILES string of the molecule is CCC(C)CNC(=O)NCc1cc(C(=O)O)ccn1. The number of rotatable bonds is 6. The maximum Gasteiger partial charge on any atom is 0.335 e. The van der Waals surface area contributed by atoms with Crippen LogP contribution < -0.4 is 10.6 Å². The van der Waals surface area contributed by atoms with Gasteiger partial charge in [-0.1, -0.05) is 20.3 Å². The van der Waals surface area contributed by atoms with Crippen LogP contribution in [-0.2, 0) is 6.54 Å². The van der Waals surface area contributed by atoms with Crippen LogP contribution in [0, 0.1) is 5.92 Å². The topological polar surface area (TPSA) is 91.3 Å². The number of nitrogens with one attached hydrogen (secondary N) is 2. The van der Waals surface area contributed by atoms with Crippen molar-refractivity contribution in [2.75, 3.05) is 6.54 Å². The molecule has 0 saturated heterocycles. The molecule has 1 rings (SSSR count). The molecule has 0 aromatic carbocycles. The molecule has 3 N–H and O–H groups in total. The smallest absolute Gasteiger partial charge is 0.335 e. The van der Waals surface area contributed by atoms with E-state index in [0.717, 1.165) is 6.42 Å². The van der Waals surface area contributed by atoms with Crippen LogP contribution in [0.1, 0.15) is 36.3 Å². The third-order valence-electron chi connectivity index (χ3n) is 2.80. The fourth-order valence-electron chi connectivity index (χ4n) is 1.35. The number of hydrogen-bond donors (Lipinski definition) is 3. The minimum atomic E-state index is -1.01. The molecule has 0 aliphatic heterocycles. The van der Waals surface area contributed by atoms with E-state index in [1.54, 1.807) is 0 Å². The number of carboxylic acid groups (broad SMARTS) is 1. The van der Waals surface area contributed by atoms with Gasteiger partial charge >= 0.3 is 12.0 Å². The highest BCUT2D eigenvalue weighted by Gasteiger charge is 2.06. The molecule has 19 heavy (non-hydrogen) atoms. The highest BCUT2D eigenvalue weighted by atomic mass is 16.4. The molecule has 104 valence electrons. The average Bonchev–Trinajstić information content (AvgIpc) is 2.42. The lowest BCUT2D eigenvalue weighted by Crippen LogP contribution is -2.37. The third-order valence-corrected chi connectivity index (χ3v) is 2.80. The Hall–Kier alpha value is -2.11. The van der Waals surface area contributed by atoms with Crippen molar-refractivity contribution in [2.24, 2.45) is 5.92 Å². The van der Waals surface area contributed by atoms with E-state index < -0.39 is 5.97 Å². The summed E-state index contributed by atoms with van der Waals surface area (Å²) in [5, 5.41) is 14.2. The Balaban J connectivity index is 2.42. The second kappa shape index (κ2) is 7.35. The first-order chi connectivity index (χ1) is 9.02. The van der Waals surface area contributed by atoms with E-state index in [-0.39, 0.29) is 18.1 Å². The van der Waals surface area contributed by atoms with Gasteiger partial charge in [-0.25, -0.2) is 9.59 Å². The minimum Gasteiger partial charge on any atom is -0.478 e. The van der Waals surface area contributed by atoms with Crippen LogP contribution in [-0.4, -0.2) is 28.6 Å². The summed E-state index contributed by atoms with van der Waals surface area (Å²) in [7, 11) is 0. The standard InChI is InChI=1S/C13H19N3O3/c1-3-9(2)7-15-13(19)16-8-11-6-10(12(17)18)4-5-14-11/h4-6,9H,3,7-8H2,1-2H3,(H,17,18)(H2,15,16,19). The number of aromatic nitrogens is 1. The zero-order chi connectivity index (χ0) is 14.3. The normalized spacial score (nSPS) is 11.7. The van der Waals surface area contributed by atoms with Crippen LogP contribution in [0.3, 0.4) is 0 Å². The minimum absolute atomic E-state index is 0.159. The van der Waals surface area contributed by atoms with Gasteiger partial charge in [0.1, 0.15) is 0 Å². The fraction of sp³-hybridized carbons (Fsp3) is 0.462. The van der Waals surface area contributed by atoms with Crippen LogP contribution in [0.2, 0.25) is 0 Å². The van der Waals surface area contributed by atoms with Gasteiger partial charge < -0.3 is 15.7 Å². The molecule has 1 unspecified atom stereocenters. The van der Waals surface area contributed by atoms with Crippen molar-refractivity contribution in [1.29, 1.82) is 0 Å². The van der Waals surface area contributed by atoms with E-state index in [9.17, 15) is 9.59 Å². The van der Waals surface area contributed by atoms with Gasteiger partial charge in [0.05, 0.1) is 17.8 Å². The first kappa shape index (κ1) is 14.9. The number of aromatic carboxylic acids is 1. The van der Waals surface area contributed by atoms with Crippen LogP contribution in [0.5, 0.6) is 0 Å². The number of amides is 2. The number of carbonyl (C=O) groups excluding carboxylic acids is 1. The molecule has 1 atom stereocenters. The van der Waals surface area contributed by atoms with Gasteiger partial charge in [0, 0.05) is 12.7 Å². The average molecular weight is 265 g/mol. The number of carbonyl (C=O) groups is 2. The fourth-order valence-corrected chi connectivity index (χ4v) is 1.35. The number of pyridine rings is 1. The van der Waals surface area contributed by atoms with Gasteiger partial charge in [-0.15, -0.1) is 0 Å². The molecule has 0 aliphatic carbocycles. The van der Waals surface area contributed by atoms with E-state index in [4.69, 9.17) is 5.11 Å². The summed E-state index contributed by atoms with van der Waals surface area (Å²) in [6.45, 7) is 4.93. The highest BCUT2D eigenvalue weighted by molar-refractivity contribution is 5.87. The van der Waals surface area contributed by atoms with E-state index in [1.165, 1.54) is 18.3 Å². The molecule has 6 nitrogen and oxygen atoms in total. The lowest BCUT2D eigenvalue weighted by molar-refractivity contribution is 0.0696. The number of urea groups is 1. The number of carboxylic acids is 1. The first-order valence-electron chi connectivity index (χ1n) is 6.22. The van der Waals surface area contributed by atoms with Crippen LogP contribution in [0.25, 0.3) is 0 Å². The van der Waals surface area contributed by atoms with Crippen molar-refractivity contribution in [3.05, 3.63) is 29.6 Å². The van der Waals surface area contributed by atoms with Gasteiger partial charge in [0.2, 0.25) is 0 Å². The van der Waals surface area contributed by atoms with Crippen molar-refractivity contribution >= 4 is 12.0 Å². The van der Waals surface area contributed by atoms with Crippen LogP contribution in [0.15, 0.2) is 18.3 Å². The summed E-state index contributed by atoms with van der Waals surface area (Å²) in [5.74, 6) is -0.580. The van der Waals surface area contributed by atoms with E-state index in [2.05, 4.69) is 29.5 Å². The molecule has 1 aromatic heterocycles. The molecule has 2 amide bonds.